The van der Waals surface area contributed by atoms with Gasteiger partial charge in [0.15, 0.2) is 17.0 Å². The fourth-order valence-electron chi connectivity index (χ4n) is 1.64. The number of thiocarbonyl (C=S) groups is 1. The van der Waals surface area contributed by atoms with Crippen molar-refractivity contribution >= 4 is 52.3 Å². The summed E-state index contributed by atoms with van der Waals surface area (Å²) in [6, 6.07) is 7.68. The van der Waals surface area contributed by atoms with Crippen LogP contribution in [-0.2, 0) is 4.79 Å². The average molecular weight is 402 g/mol. The van der Waals surface area contributed by atoms with E-state index in [1.165, 1.54) is 25.3 Å². The Bertz CT molecular complexity index is 783. The first-order valence-electron chi connectivity index (χ1n) is 6.93. The number of furan rings is 1. The van der Waals surface area contributed by atoms with E-state index in [9.17, 15) is 9.59 Å². The lowest BCUT2D eigenvalue weighted by molar-refractivity contribution is -0.127. The van der Waals surface area contributed by atoms with Gasteiger partial charge in [0.2, 0.25) is 0 Å². The van der Waals surface area contributed by atoms with Gasteiger partial charge in [0.05, 0.1) is 11.3 Å². The molecule has 0 fully saturated rings. The van der Waals surface area contributed by atoms with E-state index in [0.29, 0.717) is 10.8 Å². The fourth-order valence-corrected chi connectivity index (χ4v) is 2.24. The van der Waals surface area contributed by atoms with Crippen LogP contribution in [0.4, 0.5) is 0 Å². The SMILES string of the molecule is CC(Oc1ccc(Cl)cc1Cl)C(=O)NNC(=S)NC(=O)c1ccco1. The molecule has 0 spiro atoms. The molecule has 1 aromatic carbocycles. The lowest BCUT2D eigenvalue weighted by Gasteiger charge is -2.16. The zero-order chi connectivity index (χ0) is 18.4. The van der Waals surface area contributed by atoms with Gasteiger partial charge in [0.25, 0.3) is 11.8 Å². The first-order chi connectivity index (χ1) is 11.9. The highest BCUT2D eigenvalue weighted by Crippen LogP contribution is 2.28. The molecule has 0 radical (unpaired) electrons. The molecule has 1 unspecified atom stereocenters. The number of ether oxygens (including phenoxy) is 1. The van der Waals surface area contributed by atoms with E-state index in [2.05, 4.69) is 16.2 Å². The van der Waals surface area contributed by atoms with E-state index in [4.69, 9.17) is 44.6 Å². The quantitative estimate of drug-likeness (QED) is 0.538. The third-order valence-corrected chi connectivity index (χ3v) is 3.57. The van der Waals surface area contributed by atoms with E-state index >= 15 is 0 Å². The number of hydrogen-bond donors (Lipinski definition) is 3. The van der Waals surface area contributed by atoms with Gasteiger partial charge in [-0.05, 0) is 49.5 Å². The number of rotatable bonds is 4. The highest BCUT2D eigenvalue weighted by atomic mass is 35.5. The van der Waals surface area contributed by atoms with Crippen molar-refractivity contribution < 1.29 is 18.7 Å². The molecular formula is C15H13Cl2N3O4S. The van der Waals surface area contributed by atoms with Crippen molar-refractivity contribution in [2.75, 3.05) is 0 Å². The molecule has 132 valence electrons. The zero-order valence-corrected chi connectivity index (χ0v) is 15.2. The second-order valence-electron chi connectivity index (χ2n) is 4.71. The third kappa shape index (κ3) is 5.63. The standard InChI is InChI=1S/C15H13Cl2N3O4S/c1-8(24-11-5-4-9(16)7-10(11)17)13(21)19-20-15(25)18-14(22)12-3-2-6-23-12/h2-8H,1H3,(H,19,21)(H2,18,20,22,25). The maximum Gasteiger partial charge on any atom is 0.293 e. The summed E-state index contributed by atoms with van der Waals surface area (Å²) in [5.41, 5.74) is 4.70. The molecule has 0 saturated carbocycles. The van der Waals surface area contributed by atoms with Gasteiger partial charge >= 0.3 is 0 Å². The van der Waals surface area contributed by atoms with Crippen LogP contribution in [0.1, 0.15) is 17.5 Å². The largest absolute Gasteiger partial charge is 0.479 e. The molecule has 2 amide bonds. The molecule has 10 heteroatoms. The maximum absolute atomic E-state index is 12.0. The molecule has 1 heterocycles. The number of hydrazine groups is 1. The summed E-state index contributed by atoms with van der Waals surface area (Å²) < 4.78 is 10.4. The molecular weight excluding hydrogens is 389 g/mol. The average Bonchev–Trinajstić information content (AvgIpc) is 3.09. The van der Waals surface area contributed by atoms with E-state index in [1.807, 2.05) is 0 Å². The molecule has 1 atom stereocenters. The molecule has 3 N–H and O–H groups in total. The summed E-state index contributed by atoms with van der Waals surface area (Å²) in [5.74, 6) is -0.679. The van der Waals surface area contributed by atoms with Crippen LogP contribution in [0.3, 0.4) is 0 Å². The van der Waals surface area contributed by atoms with Crippen LogP contribution < -0.4 is 20.9 Å². The number of hydrogen-bond acceptors (Lipinski definition) is 5. The van der Waals surface area contributed by atoms with Crippen molar-refractivity contribution in [1.29, 1.82) is 0 Å². The lowest BCUT2D eigenvalue weighted by Crippen LogP contribution is -2.51. The molecule has 1 aromatic heterocycles. The highest BCUT2D eigenvalue weighted by molar-refractivity contribution is 7.80. The zero-order valence-electron chi connectivity index (χ0n) is 12.8. The molecule has 2 aromatic rings. The van der Waals surface area contributed by atoms with Gasteiger partial charge in [-0.25, -0.2) is 0 Å². The van der Waals surface area contributed by atoms with Crippen molar-refractivity contribution in [1.82, 2.24) is 16.2 Å². The molecule has 0 aliphatic carbocycles. The van der Waals surface area contributed by atoms with Crippen molar-refractivity contribution in [3.63, 3.8) is 0 Å². The van der Waals surface area contributed by atoms with Gasteiger partial charge in [-0.3, -0.25) is 25.8 Å². The Morgan fingerprint density at radius 1 is 1.24 bits per heavy atom. The summed E-state index contributed by atoms with van der Waals surface area (Å²) >= 11 is 16.7. The summed E-state index contributed by atoms with van der Waals surface area (Å²) in [5, 5.41) is 2.96. The topological polar surface area (TPSA) is 92.6 Å². The Labute approximate surface area is 158 Å². The molecule has 0 saturated heterocycles. The second-order valence-corrected chi connectivity index (χ2v) is 5.96. The first kappa shape index (κ1) is 19.0. The van der Waals surface area contributed by atoms with E-state index < -0.39 is 17.9 Å². The van der Waals surface area contributed by atoms with E-state index in [1.54, 1.807) is 18.2 Å². The molecule has 0 aliphatic heterocycles. The molecule has 2 rings (SSSR count). The summed E-state index contributed by atoms with van der Waals surface area (Å²) in [4.78, 5) is 23.7. The fraction of sp³-hybridized carbons (Fsp3) is 0.133. The predicted octanol–water partition coefficient (Wildman–Crippen LogP) is 2.69. The monoisotopic (exact) mass is 401 g/mol. The first-order valence-corrected chi connectivity index (χ1v) is 8.09. The number of halogens is 2. The third-order valence-electron chi connectivity index (χ3n) is 2.84. The van der Waals surface area contributed by atoms with Crippen LogP contribution in [-0.4, -0.2) is 23.0 Å². The van der Waals surface area contributed by atoms with E-state index in [0.717, 1.165) is 0 Å². The number of carbonyl (C=O) groups is 2. The smallest absolute Gasteiger partial charge is 0.293 e. The molecule has 25 heavy (non-hydrogen) atoms. The summed E-state index contributed by atoms with van der Waals surface area (Å²) in [7, 11) is 0. The maximum atomic E-state index is 12.0. The number of nitrogens with one attached hydrogen (secondary N) is 3. The molecule has 7 nitrogen and oxygen atoms in total. The Hall–Kier alpha value is -2.29. The second kappa shape index (κ2) is 8.70. The van der Waals surface area contributed by atoms with Crippen LogP contribution >= 0.6 is 35.4 Å². The van der Waals surface area contributed by atoms with Crippen LogP contribution in [0, 0.1) is 0 Å². The Balaban J connectivity index is 1.80. The summed E-state index contributed by atoms with van der Waals surface area (Å²) in [6.45, 7) is 1.52. The minimum absolute atomic E-state index is 0.0876. The number of amides is 2. The molecule has 0 aliphatic rings. The van der Waals surface area contributed by atoms with Crippen LogP contribution in [0.25, 0.3) is 0 Å². The number of carbonyl (C=O) groups excluding carboxylic acids is 2. The predicted molar refractivity (Wildman–Crippen MR) is 96.6 cm³/mol. The van der Waals surface area contributed by atoms with Crippen LogP contribution in [0.2, 0.25) is 10.0 Å². The summed E-state index contributed by atoms with van der Waals surface area (Å²) in [6.07, 6.45) is 0.475. The normalized spacial score (nSPS) is 11.3. The van der Waals surface area contributed by atoms with Gasteiger partial charge in [0.1, 0.15) is 5.75 Å². The Kier molecular flexibility index (Phi) is 6.63. The lowest BCUT2D eigenvalue weighted by atomic mass is 10.3. The van der Waals surface area contributed by atoms with Crippen molar-refractivity contribution in [3.8, 4) is 5.75 Å². The van der Waals surface area contributed by atoms with Gasteiger partial charge in [-0.15, -0.1) is 0 Å². The Morgan fingerprint density at radius 2 is 2.00 bits per heavy atom. The van der Waals surface area contributed by atoms with Crippen molar-refractivity contribution in [3.05, 3.63) is 52.4 Å². The number of benzene rings is 1. The van der Waals surface area contributed by atoms with Gasteiger partial charge < -0.3 is 9.15 Å². The molecule has 0 bridgehead atoms. The van der Waals surface area contributed by atoms with Gasteiger partial charge in [0, 0.05) is 5.02 Å². The van der Waals surface area contributed by atoms with E-state index in [-0.39, 0.29) is 15.9 Å². The van der Waals surface area contributed by atoms with Crippen LogP contribution in [0.5, 0.6) is 5.75 Å². The van der Waals surface area contributed by atoms with Gasteiger partial charge in [-0.2, -0.15) is 0 Å². The minimum Gasteiger partial charge on any atom is -0.479 e. The van der Waals surface area contributed by atoms with Crippen molar-refractivity contribution in [2.24, 2.45) is 0 Å². The highest BCUT2D eigenvalue weighted by Gasteiger charge is 2.17. The Morgan fingerprint density at radius 3 is 2.64 bits per heavy atom. The van der Waals surface area contributed by atoms with Crippen LogP contribution in [0.15, 0.2) is 41.0 Å². The minimum atomic E-state index is -0.880. The van der Waals surface area contributed by atoms with Gasteiger partial charge in [-0.1, -0.05) is 23.2 Å². The van der Waals surface area contributed by atoms with Crippen molar-refractivity contribution in [2.45, 2.75) is 13.0 Å².